The van der Waals surface area contributed by atoms with E-state index in [0.717, 1.165) is 77.0 Å². The number of rotatable bonds is 34. The fraction of sp³-hybridized carbons (Fsp3) is 0.846. The summed E-state index contributed by atoms with van der Waals surface area (Å²) in [5.74, 6) is -5.01. The van der Waals surface area contributed by atoms with Gasteiger partial charge in [-0.1, -0.05) is 141 Å². The number of allylic oxidation sites excluding steroid dienone is 4. The molecule has 0 heterocycles. The van der Waals surface area contributed by atoms with Crippen LogP contribution in [0.15, 0.2) is 24.3 Å². The first-order valence-corrected chi connectivity index (χ1v) is 18.7. The van der Waals surface area contributed by atoms with Crippen molar-refractivity contribution in [1.82, 2.24) is 0 Å². The second kappa shape index (κ2) is 36.2. The molecule has 0 amide bonds. The van der Waals surface area contributed by atoms with Gasteiger partial charge in [0.2, 0.25) is 0 Å². The lowest BCUT2D eigenvalue weighted by Crippen LogP contribution is -2.26. The Labute approximate surface area is 285 Å². The number of esters is 2. The van der Waals surface area contributed by atoms with Crippen molar-refractivity contribution in [1.29, 1.82) is 0 Å². The third kappa shape index (κ3) is 33.6. The number of alkyl halides is 1. The van der Waals surface area contributed by atoms with Crippen LogP contribution in [0.2, 0.25) is 0 Å². The SMILES string of the molecule is [2H]C([2H])(Cl)C([2H])(OC(=O)CCCCCCCC=CCCCCCCCC)C([2H])([2H])OC(=O)CCCCCCCC=CCCCCCCCC. The smallest absolute Gasteiger partial charge is 0.306 e. The molecule has 0 saturated carbocycles. The van der Waals surface area contributed by atoms with Crippen molar-refractivity contribution in [2.75, 3.05) is 12.4 Å². The summed E-state index contributed by atoms with van der Waals surface area (Å²) in [7, 11) is 0. The Morgan fingerprint density at radius 3 is 1.30 bits per heavy atom. The second-order valence-electron chi connectivity index (χ2n) is 12.1. The molecule has 258 valence electrons. The van der Waals surface area contributed by atoms with Gasteiger partial charge in [0.1, 0.15) is 12.6 Å². The van der Waals surface area contributed by atoms with Crippen LogP contribution in [0.4, 0.5) is 0 Å². The lowest BCUT2D eigenvalue weighted by molar-refractivity contribution is -0.157. The predicted molar refractivity (Wildman–Crippen MR) is 190 cm³/mol. The summed E-state index contributed by atoms with van der Waals surface area (Å²) in [6, 6.07) is 0. The molecule has 4 nitrogen and oxygen atoms in total. The van der Waals surface area contributed by atoms with Gasteiger partial charge in [-0.2, -0.15) is 0 Å². The Balaban J connectivity index is 4.23. The van der Waals surface area contributed by atoms with E-state index in [4.69, 9.17) is 27.9 Å². The summed E-state index contributed by atoms with van der Waals surface area (Å²) in [4.78, 5) is 24.9. The Morgan fingerprint density at radius 2 is 0.909 bits per heavy atom. The topological polar surface area (TPSA) is 52.6 Å². The molecule has 0 saturated heterocycles. The number of ether oxygens (including phenoxy) is 2. The lowest BCUT2D eigenvalue weighted by Gasteiger charge is -2.15. The quantitative estimate of drug-likeness (QED) is 0.0303. The fourth-order valence-electron chi connectivity index (χ4n) is 5.06. The molecule has 44 heavy (non-hydrogen) atoms. The summed E-state index contributed by atoms with van der Waals surface area (Å²) in [6.07, 6.45) is 34.2. The van der Waals surface area contributed by atoms with E-state index in [0.29, 0.717) is 12.8 Å². The van der Waals surface area contributed by atoms with Crippen LogP contribution in [0.25, 0.3) is 0 Å². The number of carbonyl (C=O) groups excluding carboxylic acids is 2. The molecule has 0 aliphatic carbocycles. The molecule has 0 radical (unpaired) electrons. The monoisotopic (exact) mass is 644 g/mol. The average molecular weight is 644 g/mol. The molecular weight excluding hydrogens is 568 g/mol. The zero-order chi connectivity index (χ0) is 36.7. The Morgan fingerprint density at radius 1 is 0.568 bits per heavy atom. The minimum Gasteiger partial charge on any atom is -0.462 e. The number of carbonyl (C=O) groups is 2. The van der Waals surface area contributed by atoms with E-state index in [9.17, 15) is 9.59 Å². The molecule has 0 spiro atoms. The van der Waals surface area contributed by atoms with E-state index in [-0.39, 0.29) is 12.8 Å². The van der Waals surface area contributed by atoms with Gasteiger partial charge in [-0.15, -0.1) is 11.6 Å². The van der Waals surface area contributed by atoms with Gasteiger partial charge in [0.25, 0.3) is 0 Å². The lowest BCUT2D eigenvalue weighted by atomic mass is 10.1. The van der Waals surface area contributed by atoms with Gasteiger partial charge in [0.05, 0.1) is 9.94 Å². The normalized spacial score (nSPS) is 15.4. The molecule has 0 rings (SSSR count). The van der Waals surface area contributed by atoms with E-state index in [2.05, 4.69) is 38.2 Å². The van der Waals surface area contributed by atoms with Crippen molar-refractivity contribution in [3.8, 4) is 0 Å². The summed E-state index contributed by atoms with van der Waals surface area (Å²) in [5.41, 5.74) is 0. The highest BCUT2D eigenvalue weighted by Gasteiger charge is 2.16. The second-order valence-corrected chi connectivity index (χ2v) is 12.3. The molecule has 0 bridgehead atoms. The maximum Gasteiger partial charge on any atom is 0.306 e. The van der Waals surface area contributed by atoms with Crippen LogP contribution >= 0.6 is 11.6 Å². The van der Waals surface area contributed by atoms with Gasteiger partial charge in [0.15, 0.2) is 0 Å². The third-order valence-corrected chi connectivity index (χ3v) is 8.02. The fourth-order valence-corrected chi connectivity index (χ4v) is 5.14. The van der Waals surface area contributed by atoms with Crippen LogP contribution in [0, 0.1) is 0 Å². The van der Waals surface area contributed by atoms with Crippen molar-refractivity contribution in [2.24, 2.45) is 0 Å². The minimum atomic E-state index is -3.28. The van der Waals surface area contributed by atoms with E-state index in [1.54, 1.807) is 0 Å². The average Bonchev–Trinajstić information content (AvgIpc) is 3.03. The molecule has 0 aromatic heterocycles. The van der Waals surface area contributed by atoms with E-state index in [1.165, 1.54) is 77.0 Å². The van der Waals surface area contributed by atoms with Crippen LogP contribution in [-0.4, -0.2) is 30.4 Å². The molecule has 0 N–H and O–H groups in total. The van der Waals surface area contributed by atoms with Crippen molar-refractivity contribution in [3.63, 3.8) is 0 Å². The predicted octanol–water partition coefficient (Wildman–Crippen LogP) is 12.8. The van der Waals surface area contributed by atoms with Crippen LogP contribution in [-0.2, 0) is 19.1 Å². The van der Waals surface area contributed by atoms with Gasteiger partial charge < -0.3 is 9.47 Å². The van der Waals surface area contributed by atoms with Crippen LogP contribution < -0.4 is 0 Å². The van der Waals surface area contributed by atoms with Crippen molar-refractivity contribution < 1.29 is 25.9 Å². The summed E-state index contributed by atoms with van der Waals surface area (Å²) >= 11 is 5.72. The summed E-state index contributed by atoms with van der Waals surface area (Å²) < 4.78 is 50.2. The van der Waals surface area contributed by atoms with E-state index in [1.807, 2.05) is 0 Å². The highest BCUT2D eigenvalue weighted by atomic mass is 35.5. The van der Waals surface area contributed by atoms with Crippen molar-refractivity contribution in [3.05, 3.63) is 24.3 Å². The zero-order valence-electron chi connectivity index (χ0n) is 33.6. The van der Waals surface area contributed by atoms with Crippen LogP contribution in [0.3, 0.4) is 0 Å². The Kier molecular flexibility index (Phi) is 28.0. The first-order chi connectivity index (χ1) is 23.4. The highest BCUT2D eigenvalue weighted by Crippen LogP contribution is 2.13. The number of halogens is 1. The Hall–Kier alpha value is -1.29. The Bertz CT molecular complexity index is 878. The standard InChI is InChI=1S/C39H71ClO4/c1-3-5-7-9-11-13-15-17-19-21-23-25-27-29-31-33-38(41)43-36-37(35-40)44-39(42)34-32-30-28-26-24-22-20-18-16-14-12-10-8-6-4-2/h17-20,37H,3-16,21-36H2,1-2H3/i35D2,36D2,37D. The minimum absolute atomic E-state index is 0.0815. The molecule has 0 aromatic carbocycles. The molecule has 0 fully saturated rings. The largest absolute Gasteiger partial charge is 0.462 e. The van der Waals surface area contributed by atoms with Crippen molar-refractivity contribution >= 4 is 23.5 Å². The van der Waals surface area contributed by atoms with E-state index < -0.39 is 30.4 Å². The molecule has 0 aliphatic rings. The van der Waals surface area contributed by atoms with Gasteiger partial charge in [-0.3, -0.25) is 9.59 Å². The summed E-state index contributed by atoms with van der Waals surface area (Å²) in [6.45, 7) is 1.18. The number of unbranched alkanes of at least 4 members (excludes halogenated alkanes) is 22. The molecule has 0 aliphatic heterocycles. The maximum absolute atomic E-state index is 12.5. The van der Waals surface area contributed by atoms with E-state index >= 15 is 0 Å². The zero-order valence-corrected chi connectivity index (χ0v) is 29.4. The van der Waals surface area contributed by atoms with Gasteiger partial charge in [-0.25, -0.2) is 0 Å². The third-order valence-electron chi connectivity index (χ3n) is 7.84. The van der Waals surface area contributed by atoms with Crippen molar-refractivity contribution in [2.45, 2.75) is 200 Å². The first-order valence-electron chi connectivity index (χ1n) is 20.8. The highest BCUT2D eigenvalue weighted by molar-refractivity contribution is 6.18. The number of hydrogen-bond acceptors (Lipinski definition) is 4. The molecule has 1 unspecified atom stereocenters. The van der Waals surface area contributed by atoms with Gasteiger partial charge in [0, 0.05) is 15.6 Å². The number of hydrogen-bond donors (Lipinski definition) is 0. The first kappa shape index (κ1) is 34.1. The molecule has 1 atom stereocenters. The summed E-state index contributed by atoms with van der Waals surface area (Å²) in [5, 5.41) is 0. The molecule has 0 aromatic rings. The van der Waals surface area contributed by atoms with Crippen LogP contribution in [0.5, 0.6) is 0 Å². The van der Waals surface area contributed by atoms with Crippen LogP contribution in [0.1, 0.15) is 200 Å². The maximum atomic E-state index is 12.5. The van der Waals surface area contributed by atoms with Gasteiger partial charge in [-0.05, 0) is 64.2 Å². The van der Waals surface area contributed by atoms with Gasteiger partial charge >= 0.3 is 11.9 Å². The molecular formula is C39H71ClO4. The molecule has 5 heteroatoms.